The van der Waals surface area contributed by atoms with Crippen LogP contribution in [-0.2, 0) is 13.0 Å². The number of nitrogens with zero attached hydrogens (tertiary/aromatic N) is 3. The average molecular weight is 276 g/mol. The number of aryl methyl sites for hydroxylation is 2. The normalized spacial score (nSPS) is 10.9. The Labute approximate surface area is 118 Å². The van der Waals surface area contributed by atoms with Gasteiger partial charge in [-0.1, -0.05) is 6.92 Å². The van der Waals surface area contributed by atoms with Crippen molar-refractivity contribution in [2.24, 2.45) is 0 Å². The van der Waals surface area contributed by atoms with E-state index in [1.54, 1.807) is 11.3 Å². The number of rotatable bonds is 6. The molecule has 2 heterocycles. The largest absolute Gasteiger partial charge is 0.311 e. The van der Waals surface area contributed by atoms with Gasteiger partial charge >= 0.3 is 0 Å². The Hall–Kier alpha value is -1.33. The van der Waals surface area contributed by atoms with Crippen molar-refractivity contribution in [1.82, 2.24) is 20.3 Å². The van der Waals surface area contributed by atoms with Crippen molar-refractivity contribution < 1.29 is 0 Å². The van der Waals surface area contributed by atoms with Gasteiger partial charge in [0.05, 0.1) is 12.1 Å². The number of hydrogen-bond acceptors (Lipinski definition) is 5. The summed E-state index contributed by atoms with van der Waals surface area (Å²) in [5.41, 5.74) is 3.15. The summed E-state index contributed by atoms with van der Waals surface area (Å²) in [5, 5.41) is 6.51. The van der Waals surface area contributed by atoms with Gasteiger partial charge in [0.1, 0.15) is 10.8 Å². The van der Waals surface area contributed by atoms with Crippen molar-refractivity contribution in [2.75, 3.05) is 6.54 Å². The number of hydrogen-bond donors (Lipinski definition) is 1. The standard InChI is InChI=1S/C14H20N4S/c1-4-5-15-8-12-6-10(2)16-13(18-12)7-14-17-11(3)9-19-14/h6,9,15H,4-5,7-8H2,1-3H3. The van der Waals surface area contributed by atoms with E-state index < -0.39 is 0 Å². The Bertz CT molecular complexity index is 536. The molecule has 0 unspecified atom stereocenters. The van der Waals surface area contributed by atoms with Crippen LogP contribution in [0.3, 0.4) is 0 Å². The fourth-order valence-corrected chi connectivity index (χ4v) is 2.65. The molecule has 4 nitrogen and oxygen atoms in total. The third-order valence-corrected chi connectivity index (χ3v) is 3.63. The minimum Gasteiger partial charge on any atom is -0.311 e. The predicted octanol–water partition coefficient (Wildman–Crippen LogP) is 2.64. The smallest absolute Gasteiger partial charge is 0.135 e. The van der Waals surface area contributed by atoms with E-state index in [1.165, 1.54) is 0 Å². The molecule has 0 aliphatic carbocycles. The van der Waals surface area contributed by atoms with Crippen LogP contribution in [0.4, 0.5) is 0 Å². The van der Waals surface area contributed by atoms with Gasteiger partial charge in [-0.15, -0.1) is 11.3 Å². The van der Waals surface area contributed by atoms with Gasteiger partial charge in [-0.25, -0.2) is 15.0 Å². The molecule has 0 saturated heterocycles. The van der Waals surface area contributed by atoms with E-state index in [-0.39, 0.29) is 0 Å². The van der Waals surface area contributed by atoms with Crippen LogP contribution in [0.2, 0.25) is 0 Å². The molecule has 0 aliphatic heterocycles. The zero-order chi connectivity index (χ0) is 13.7. The van der Waals surface area contributed by atoms with Crippen LogP contribution >= 0.6 is 11.3 Å². The molecule has 0 fully saturated rings. The molecular weight excluding hydrogens is 256 g/mol. The summed E-state index contributed by atoms with van der Waals surface area (Å²) >= 11 is 1.67. The first kappa shape index (κ1) is 14.1. The maximum Gasteiger partial charge on any atom is 0.135 e. The van der Waals surface area contributed by atoms with Crippen molar-refractivity contribution >= 4 is 11.3 Å². The van der Waals surface area contributed by atoms with Gasteiger partial charge in [0.15, 0.2) is 0 Å². The van der Waals surface area contributed by atoms with Gasteiger partial charge in [0, 0.05) is 23.3 Å². The van der Waals surface area contributed by atoms with Crippen LogP contribution in [-0.4, -0.2) is 21.5 Å². The lowest BCUT2D eigenvalue weighted by molar-refractivity contribution is 0.658. The van der Waals surface area contributed by atoms with Crippen molar-refractivity contribution in [1.29, 1.82) is 0 Å². The lowest BCUT2D eigenvalue weighted by Crippen LogP contribution is -2.16. The van der Waals surface area contributed by atoms with E-state index >= 15 is 0 Å². The van der Waals surface area contributed by atoms with Crippen LogP contribution in [0.5, 0.6) is 0 Å². The number of nitrogens with one attached hydrogen (secondary N) is 1. The molecule has 2 aromatic rings. The van der Waals surface area contributed by atoms with E-state index in [2.05, 4.69) is 32.6 Å². The van der Waals surface area contributed by atoms with Crippen molar-refractivity contribution in [3.05, 3.63) is 39.4 Å². The molecular formula is C14H20N4S. The quantitative estimate of drug-likeness (QED) is 0.824. The molecule has 5 heteroatoms. The first-order valence-electron chi connectivity index (χ1n) is 6.62. The van der Waals surface area contributed by atoms with Gasteiger partial charge < -0.3 is 5.32 Å². The first-order chi connectivity index (χ1) is 9.17. The van der Waals surface area contributed by atoms with Crippen molar-refractivity contribution in [3.8, 4) is 0 Å². The molecule has 0 radical (unpaired) electrons. The Morgan fingerprint density at radius 2 is 2.00 bits per heavy atom. The zero-order valence-corrected chi connectivity index (χ0v) is 12.5. The second-order valence-corrected chi connectivity index (χ2v) is 5.60. The summed E-state index contributed by atoms with van der Waals surface area (Å²) in [5.74, 6) is 0.864. The summed E-state index contributed by atoms with van der Waals surface area (Å²) < 4.78 is 0. The highest BCUT2D eigenvalue weighted by Crippen LogP contribution is 2.13. The summed E-state index contributed by atoms with van der Waals surface area (Å²) in [6, 6.07) is 2.04. The average Bonchev–Trinajstić information content (AvgIpc) is 2.74. The Kier molecular flexibility index (Phi) is 4.99. The molecule has 102 valence electrons. The molecule has 0 aliphatic rings. The molecule has 0 saturated carbocycles. The fourth-order valence-electron chi connectivity index (χ4n) is 1.88. The SMILES string of the molecule is CCCNCc1cc(C)nc(Cc2nc(C)cs2)n1. The van der Waals surface area contributed by atoms with Crippen LogP contribution < -0.4 is 5.32 Å². The molecule has 0 bridgehead atoms. The second kappa shape index (κ2) is 6.73. The Morgan fingerprint density at radius 3 is 2.68 bits per heavy atom. The molecule has 0 spiro atoms. The molecule has 0 aromatic carbocycles. The van der Waals surface area contributed by atoms with E-state index in [0.717, 1.165) is 53.8 Å². The van der Waals surface area contributed by atoms with Crippen LogP contribution in [0.1, 0.15) is 41.3 Å². The minimum absolute atomic E-state index is 0.723. The van der Waals surface area contributed by atoms with Gasteiger partial charge in [-0.3, -0.25) is 0 Å². The van der Waals surface area contributed by atoms with Gasteiger partial charge in [-0.05, 0) is 32.9 Å². The van der Waals surface area contributed by atoms with E-state index in [1.807, 2.05) is 19.9 Å². The summed E-state index contributed by atoms with van der Waals surface area (Å²) in [6.07, 6.45) is 1.86. The van der Waals surface area contributed by atoms with Crippen LogP contribution in [0, 0.1) is 13.8 Å². The summed E-state index contributed by atoms with van der Waals surface area (Å²) in [7, 11) is 0. The molecule has 19 heavy (non-hydrogen) atoms. The highest BCUT2D eigenvalue weighted by Gasteiger charge is 2.06. The van der Waals surface area contributed by atoms with E-state index in [0.29, 0.717) is 0 Å². The topological polar surface area (TPSA) is 50.7 Å². The summed E-state index contributed by atoms with van der Waals surface area (Å²) in [4.78, 5) is 13.6. The van der Waals surface area contributed by atoms with E-state index in [4.69, 9.17) is 0 Å². The number of thiazole rings is 1. The van der Waals surface area contributed by atoms with Gasteiger partial charge in [0.2, 0.25) is 0 Å². The lowest BCUT2D eigenvalue weighted by Gasteiger charge is -2.06. The van der Waals surface area contributed by atoms with Crippen molar-refractivity contribution in [2.45, 2.75) is 40.2 Å². The highest BCUT2D eigenvalue weighted by atomic mass is 32.1. The fraction of sp³-hybridized carbons (Fsp3) is 0.500. The monoisotopic (exact) mass is 276 g/mol. The van der Waals surface area contributed by atoms with E-state index in [9.17, 15) is 0 Å². The summed E-state index contributed by atoms with van der Waals surface area (Å²) in [6.45, 7) is 8.01. The maximum absolute atomic E-state index is 4.60. The first-order valence-corrected chi connectivity index (χ1v) is 7.50. The molecule has 0 atom stereocenters. The highest BCUT2D eigenvalue weighted by molar-refractivity contribution is 7.09. The molecule has 0 amide bonds. The lowest BCUT2D eigenvalue weighted by atomic mass is 10.3. The van der Waals surface area contributed by atoms with Crippen LogP contribution in [0.15, 0.2) is 11.4 Å². The number of aromatic nitrogens is 3. The van der Waals surface area contributed by atoms with Crippen LogP contribution in [0.25, 0.3) is 0 Å². The van der Waals surface area contributed by atoms with Gasteiger partial charge in [-0.2, -0.15) is 0 Å². The molecule has 1 N–H and O–H groups in total. The molecule has 2 aromatic heterocycles. The minimum atomic E-state index is 0.723. The third kappa shape index (κ3) is 4.36. The third-order valence-electron chi connectivity index (χ3n) is 2.66. The van der Waals surface area contributed by atoms with Crippen molar-refractivity contribution in [3.63, 3.8) is 0 Å². The predicted molar refractivity (Wildman–Crippen MR) is 78.4 cm³/mol. The Balaban J connectivity index is 2.07. The Morgan fingerprint density at radius 1 is 1.16 bits per heavy atom. The maximum atomic E-state index is 4.60. The van der Waals surface area contributed by atoms with Gasteiger partial charge in [0.25, 0.3) is 0 Å². The zero-order valence-electron chi connectivity index (χ0n) is 11.7. The molecule has 2 rings (SSSR count). The second-order valence-electron chi connectivity index (χ2n) is 4.65.